The molecule has 2 aromatic carbocycles. The van der Waals surface area contributed by atoms with E-state index in [2.05, 4.69) is 15.5 Å². The number of hydrazine groups is 1. The lowest BCUT2D eigenvalue weighted by molar-refractivity contribution is 0.862. The third-order valence-electron chi connectivity index (χ3n) is 3.07. The fourth-order valence-corrected chi connectivity index (χ4v) is 2.20. The van der Waals surface area contributed by atoms with Crippen molar-refractivity contribution in [2.45, 2.75) is 0 Å². The molecule has 0 amide bonds. The van der Waals surface area contributed by atoms with Crippen molar-refractivity contribution in [1.82, 2.24) is 9.55 Å². The highest BCUT2D eigenvalue weighted by atomic mass is 15.3. The molecule has 3 rings (SSSR count). The normalized spacial score (nSPS) is 11.8. The zero-order valence-electron chi connectivity index (χ0n) is 10.7. The Morgan fingerprint density at radius 1 is 1.00 bits per heavy atom. The predicted molar refractivity (Wildman–Crippen MR) is 78.6 cm³/mol. The summed E-state index contributed by atoms with van der Waals surface area (Å²) in [4.78, 5) is 4.45. The van der Waals surface area contributed by atoms with E-state index in [0.717, 1.165) is 16.6 Å². The van der Waals surface area contributed by atoms with E-state index < -0.39 is 0 Å². The molecule has 6 heteroatoms. The molecule has 0 aliphatic heterocycles. The first-order chi connectivity index (χ1) is 9.85. The summed E-state index contributed by atoms with van der Waals surface area (Å²) in [7, 11) is 0. The number of para-hydroxylation sites is 2. The molecule has 1 heterocycles. The van der Waals surface area contributed by atoms with E-state index >= 15 is 0 Å². The quantitative estimate of drug-likeness (QED) is 0.478. The highest BCUT2D eigenvalue weighted by molar-refractivity contribution is 5.89. The van der Waals surface area contributed by atoms with Crippen molar-refractivity contribution in [3.63, 3.8) is 0 Å². The Morgan fingerprint density at radius 3 is 2.40 bits per heavy atom. The summed E-state index contributed by atoms with van der Waals surface area (Å²) in [6.45, 7) is 0. The van der Waals surface area contributed by atoms with E-state index in [-0.39, 0.29) is 0 Å². The average Bonchev–Trinajstić information content (AvgIpc) is 2.53. The van der Waals surface area contributed by atoms with Crippen molar-refractivity contribution in [2.24, 2.45) is 16.8 Å². The monoisotopic (exact) mass is 266 g/mol. The van der Waals surface area contributed by atoms with E-state index in [9.17, 15) is 0 Å². The first-order valence-electron chi connectivity index (χ1n) is 6.13. The molecule has 5 N–H and O–H groups in total. The molecule has 3 aromatic rings. The summed E-state index contributed by atoms with van der Waals surface area (Å²) in [5.41, 5.74) is 4.75. The van der Waals surface area contributed by atoms with Crippen molar-refractivity contribution in [2.75, 3.05) is 5.43 Å². The van der Waals surface area contributed by atoms with Crippen LogP contribution < -0.4 is 22.7 Å². The van der Waals surface area contributed by atoms with Crippen LogP contribution in [-0.4, -0.2) is 9.55 Å². The van der Waals surface area contributed by atoms with Crippen molar-refractivity contribution >= 4 is 16.7 Å². The van der Waals surface area contributed by atoms with Gasteiger partial charge in [-0.15, -0.1) is 5.10 Å². The number of aromatic nitrogens is 2. The van der Waals surface area contributed by atoms with E-state index in [0.29, 0.717) is 11.4 Å². The third kappa shape index (κ3) is 1.88. The standard InChI is InChI=1S/C14H14N6/c15-18-13-11-8-4-5-9-12(11)17-14(19-16)20(13)10-6-2-1-3-7-10/h1-9,18H,15-16H2/b19-14-. The fourth-order valence-electron chi connectivity index (χ4n) is 2.20. The Labute approximate surface area is 115 Å². The Balaban J connectivity index is 2.47. The maximum absolute atomic E-state index is 5.70. The number of nitrogen functional groups attached to an aromatic ring is 1. The molecule has 6 nitrogen and oxygen atoms in total. The van der Waals surface area contributed by atoms with Crippen LogP contribution in [-0.2, 0) is 0 Å². The van der Waals surface area contributed by atoms with E-state index in [1.54, 1.807) is 4.57 Å². The molecule has 0 radical (unpaired) electrons. The summed E-state index contributed by atoms with van der Waals surface area (Å²) >= 11 is 0. The molecule has 20 heavy (non-hydrogen) atoms. The molecule has 0 unspecified atom stereocenters. The highest BCUT2D eigenvalue weighted by Gasteiger charge is 2.10. The van der Waals surface area contributed by atoms with Gasteiger partial charge in [0.15, 0.2) is 0 Å². The van der Waals surface area contributed by atoms with Gasteiger partial charge in [-0.2, -0.15) is 0 Å². The van der Waals surface area contributed by atoms with Gasteiger partial charge in [0.1, 0.15) is 5.82 Å². The van der Waals surface area contributed by atoms with Crippen LogP contribution in [0.3, 0.4) is 0 Å². The van der Waals surface area contributed by atoms with Gasteiger partial charge in [-0.25, -0.2) is 10.8 Å². The van der Waals surface area contributed by atoms with E-state index in [1.165, 1.54) is 0 Å². The number of rotatable bonds is 2. The smallest absolute Gasteiger partial charge is 0.253 e. The first-order valence-corrected chi connectivity index (χ1v) is 6.13. The Bertz CT molecular complexity index is 807. The van der Waals surface area contributed by atoms with Crippen LogP contribution in [0.1, 0.15) is 0 Å². The van der Waals surface area contributed by atoms with Crippen LogP contribution in [0.2, 0.25) is 0 Å². The summed E-state index contributed by atoms with van der Waals surface area (Å²) in [5, 5.41) is 4.66. The second-order valence-corrected chi connectivity index (χ2v) is 4.22. The second-order valence-electron chi connectivity index (χ2n) is 4.22. The van der Waals surface area contributed by atoms with E-state index in [1.807, 2.05) is 54.6 Å². The fraction of sp³-hybridized carbons (Fsp3) is 0. The van der Waals surface area contributed by atoms with Gasteiger partial charge < -0.3 is 11.3 Å². The molecule has 0 aliphatic carbocycles. The zero-order chi connectivity index (χ0) is 13.9. The van der Waals surface area contributed by atoms with Crippen LogP contribution in [0, 0.1) is 0 Å². The van der Waals surface area contributed by atoms with Gasteiger partial charge in [0.05, 0.1) is 11.2 Å². The third-order valence-corrected chi connectivity index (χ3v) is 3.07. The van der Waals surface area contributed by atoms with Crippen LogP contribution >= 0.6 is 0 Å². The molecule has 0 saturated carbocycles. The van der Waals surface area contributed by atoms with Gasteiger partial charge in [-0.05, 0) is 24.3 Å². The molecule has 1 aromatic heterocycles. The number of benzene rings is 2. The van der Waals surface area contributed by atoms with Crippen molar-refractivity contribution < 1.29 is 0 Å². The molecule has 0 saturated heterocycles. The van der Waals surface area contributed by atoms with Gasteiger partial charge >= 0.3 is 0 Å². The first kappa shape index (κ1) is 12.2. The Kier molecular flexibility index (Phi) is 3.06. The molecule has 0 bridgehead atoms. The van der Waals surface area contributed by atoms with Gasteiger partial charge in [-0.3, -0.25) is 4.57 Å². The minimum atomic E-state index is 0.378. The number of fused-ring (bicyclic) bond motifs is 1. The van der Waals surface area contributed by atoms with E-state index in [4.69, 9.17) is 11.7 Å². The zero-order valence-corrected chi connectivity index (χ0v) is 10.7. The predicted octanol–water partition coefficient (Wildman–Crippen LogP) is 1.09. The molecule has 0 atom stereocenters. The van der Waals surface area contributed by atoms with Gasteiger partial charge in [0.25, 0.3) is 5.62 Å². The van der Waals surface area contributed by atoms with Gasteiger partial charge in [-0.1, -0.05) is 30.3 Å². The molecule has 100 valence electrons. The van der Waals surface area contributed by atoms with Crippen LogP contribution in [0.15, 0.2) is 59.7 Å². The van der Waals surface area contributed by atoms with Crippen LogP contribution in [0.4, 0.5) is 5.82 Å². The molecule has 0 fully saturated rings. The van der Waals surface area contributed by atoms with Gasteiger partial charge in [0.2, 0.25) is 0 Å². The lowest BCUT2D eigenvalue weighted by Gasteiger charge is -2.15. The Hall–Kier alpha value is -2.86. The minimum absolute atomic E-state index is 0.378. The molecular weight excluding hydrogens is 252 g/mol. The van der Waals surface area contributed by atoms with Crippen molar-refractivity contribution in [3.8, 4) is 5.69 Å². The lowest BCUT2D eigenvalue weighted by atomic mass is 10.2. The summed E-state index contributed by atoms with van der Waals surface area (Å²) < 4.78 is 1.78. The van der Waals surface area contributed by atoms with Crippen LogP contribution in [0.5, 0.6) is 0 Å². The number of hydrogen-bond acceptors (Lipinski definition) is 5. The largest absolute Gasteiger partial charge is 0.320 e. The summed E-state index contributed by atoms with van der Waals surface area (Å²) in [6, 6.07) is 17.3. The maximum Gasteiger partial charge on any atom is 0.253 e. The average molecular weight is 266 g/mol. The summed E-state index contributed by atoms with van der Waals surface area (Å²) in [5.74, 6) is 11.9. The number of hydrogen-bond donors (Lipinski definition) is 3. The lowest BCUT2D eigenvalue weighted by Crippen LogP contribution is -2.29. The highest BCUT2D eigenvalue weighted by Crippen LogP contribution is 2.21. The number of nitrogens with one attached hydrogen (secondary N) is 1. The maximum atomic E-state index is 5.70. The molecule has 0 aliphatic rings. The van der Waals surface area contributed by atoms with Crippen molar-refractivity contribution in [3.05, 3.63) is 60.2 Å². The number of nitrogens with two attached hydrogens (primary N) is 2. The SMILES string of the molecule is N/N=c1/nc2ccccc2c(NN)n1-c1ccccc1. The Morgan fingerprint density at radius 2 is 1.70 bits per heavy atom. The molecular formula is C14H14N6. The minimum Gasteiger partial charge on any atom is -0.320 e. The molecule has 0 spiro atoms. The topological polar surface area (TPSA) is 94.2 Å². The second kappa shape index (κ2) is 5.02. The number of nitrogens with zero attached hydrogens (tertiary/aromatic N) is 3. The number of anilines is 1. The summed E-state index contributed by atoms with van der Waals surface area (Å²) in [6.07, 6.45) is 0. The van der Waals surface area contributed by atoms with Crippen LogP contribution in [0.25, 0.3) is 16.6 Å². The van der Waals surface area contributed by atoms with Crippen molar-refractivity contribution in [1.29, 1.82) is 0 Å². The van der Waals surface area contributed by atoms with Gasteiger partial charge in [0, 0.05) is 5.39 Å².